The molecule has 3 rings (SSSR count). The maximum atomic E-state index is 13.2. The Balaban J connectivity index is 1.53. The molecule has 0 saturated carbocycles. The maximum Gasteiger partial charge on any atom is 0.271 e. The Labute approximate surface area is 153 Å². The van der Waals surface area contributed by atoms with Crippen LogP contribution in [-0.2, 0) is 6.42 Å². The second-order valence-electron chi connectivity index (χ2n) is 5.69. The average Bonchev–Trinajstić information content (AvgIpc) is 2.67. The van der Waals surface area contributed by atoms with Crippen molar-refractivity contribution in [2.45, 2.75) is 6.42 Å². The molecule has 2 N–H and O–H groups in total. The maximum absolute atomic E-state index is 13.2. The van der Waals surface area contributed by atoms with Crippen LogP contribution in [0.2, 0.25) is 0 Å². The molecule has 0 atom stereocenters. The molecule has 27 heavy (non-hydrogen) atoms. The van der Waals surface area contributed by atoms with Crippen molar-refractivity contribution in [3.63, 3.8) is 0 Å². The molecule has 0 spiro atoms. The molecule has 0 unspecified atom stereocenters. The van der Waals surface area contributed by atoms with E-state index in [2.05, 4.69) is 20.8 Å². The van der Waals surface area contributed by atoms with E-state index in [0.717, 1.165) is 17.7 Å². The van der Waals surface area contributed by atoms with Crippen molar-refractivity contribution >= 4 is 17.4 Å². The summed E-state index contributed by atoms with van der Waals surface area (Å²) in [6.45, 7) is 0.362. The topological polar surface area (TPSA) is 66.9 Å². The predicted molar refractivity (Wildman–Crippen MR) is 94.1 cm³/mol. The number of carbonyl (C=O) groups is 1. The summed E-state index contributed by atoms with van der Waals surface area (Å²) in [6.07, 6.45) is 0.551. The number of nitrogens with one attached hydrogen (secondary N) is 2. The minimum Gasteiger partial charge on any atom is -0.350 e. The monoisotopic (exact) mass is 372 g/mol. The number of halogens is 3. The second kappa shape index (κ2) is 8.31. The third-order valence-corrected chi connectivity index (χ3v) is 3.70. The smallest absolute Gasteiger partial charge is 0.271 e. The van der Waals surface area contributed by atoms with Crippen molar-refractivity contribution < 1.29 is 18.0 Å². The molecule has 0 bridgehead atoms. The number of amides is 1. The molecule has 0 aliphatic carbocycles. The molecule has 0 aliphatic heterocycles. The van der Waals surface area contributed by atoms with Crippen LogP contribution in [0.5, 0.6) is 0 Å². The summed E-state index contributed by atoms with van der Waals surface area (Å²) in [5, 5.41) is 13.1. The number of rotatable bonds is 6. The van der Waals surface area contributed by atoms with Gasteiger partial charge in [-0.05, 0) is 48.4 Å². The molecule has 138 valence electrons. The van der Waals surface area contributed by atoms with Crippen LogP contribution in [0.1, 0.15) is 16.1 Å². The van der Waals surface area contributed by atoms with E-state index in [1.807, 2.05) is 0 Å². The largest absolute Gasteiger partial charge is 0.350 e. The van der Waals surface area contributed by atoms with Crippen molar-refractivity contribution in [2.24, 2.45) is 0 Å². The van der Waals surface area contributed by atoms with E-state index in [1.165, 1.54) is 30.3 Å². The quantitative estimate of drug-likeness (QED) is 0.694. The van der Waals surface area contributed by atoms with Gasteiger partial charge in [0.15, 0.2) is 23.1 Å². The van der Waals surface area contributed by atoms with E-state index in [-0.39, 0.29) is 17.3 Å². The van der Waals surface area contributed by atoms with E-state index in [1.54, 1.807) is 12.1 Å². The number of benzene rings is 2. The highest BCUT2D eigenvalue weighted by Gasteiger charge is 2.09. The van der Waals surface area contributed by atoms with Crippen LogP contribution in [0.3, 0.4) is 0 Å². The fourth-order valence-electron chi connectivity index (χ4n) is 2.30. The van der Waals surface area contributed by atoms with E-state index < -0.39 is 17.5 Å². The fraction of sp³-hybridized carbons (Fsp3) is 0.105. The van der Waals surface area contributed by atoms with Crippen molar-refractivity contribution in [3.05, 3.63) is 83.3 Å². The number of carbonyl (C=O) groups excluding carboxylic acids is 1. The third kappa shape index (κ3) is 5.04. The molecule has 0 aliphatic rings. The Morgan fingerprint density at radius 2 is 1.67 bits per heavy atom. The van der Waals surface area contributed by atoms with Crippen LogP contribution in [0.15, 0.2) is 54.6 Å². The summed E-state index contributed by atoms with van der Waals surface area (Å²) in [7, 11) is 0. The van der Waals surface area contributed by atoms with Gasteiger partial charge in [0.05, 0.1) is 0 Å². The summed E-state index contributed by atoms with van der Waals surface area (Å²) >= 11 is 0. The first-order valence-electron chi connectivity index (χ1n) is 8.10. The van der Waals surface area contributed by atoms with Gasteiger partial charge in [-0.25, -0.2) is 13.2 Å². The van der Waals surface area contributed by atoms with Crippen LogP contribution in [0, 0.1) is 17.5 Å². The SMILES string of the molecule is O=C(NCCc1ccc(F)cc1)c1ccc(Nc2ccc(F)c(F)c2)nn1. The molecule has 2 aromatic carbocycles. The van der Waals surface area contributed by atoms with Crippen LogP contribution in [0.4, 0.5) is 24.7 Å². The van der Waals surface area contributed by atoms with Gasteiger partial charge in [-0.3, -0.25) is 4.79 Å². The van der Waals surface area contributed by atoms with Crippen molar-refractivity contribution in [3.8, 4) is 0 Å². The Kier molecular flexibility index (Phi) is 5.65. The number of nitrogens with zero attached hydrogens (tertiary/aromatic N) is 2. The molecule has 0 saturated heterocycles. The van der Waals surface area contributed by atoms with E-state index in [9.17, 15) is 18.0 Å². The Hall–Kier alpha value is -3.42. The molecular formula is C19H15F3N4O. The van der Waals surface area contributed by atoms with Gasteiger partial charge in [-0.2, -0.15) is 0 Å². The Morgan fingerprint density at radius 1 is 0.889 bits per heavy atom. The molecule has 1 heterocycles. The zero-order chi connectivity index (χ0) is 19.2. The minimum atomic E-state index is -0.981. The van der Waals surface area contributed by atoms with Crippen LogP contribution >= 0.6 is 0 Å². The lowest BCUT2D eigenvalue weighted by Crippen LogP contribution is -2.26. The van der Waals surface area contributed by atoms with E-state index in [4.69, 9.17) is 0 Å². The van der Waals surface area contributed by atoms with Gasteiger partial charge in [-0.15, -0.1) is 10.2 Å². The molecule has 0 radical (unpaired) electrons. The predicted octanol–water partition coefficient (Wildman–Crippen LogP) is 3.61. The summed E-state index contributed by atoms with van der Waals surface area (Å²) in [4.78, 5) is 12.1. The summed E-state index contributed by atoms with van der Waals surface area (Å²) in [6, 6.07) is 12.3. The van der Waals surface area contributed by atoms with Gasteiger partial charge in [-0.1, -0.05) is 12.1 Å². The van der Waals surface area contributed by atoms with E-state index in [0.29, 0.717) is 18.7 Å². The van der Waals surface area contributed by atoms with Crippen molar-refractivity contribution in [2.75, 3.05) is 11.9 Å². The molecule has 1 amide bonds. The molecule has 0 fully saturated rings. The lowest BCUT2D eigenvalue weighted by molar-refractivity contribution is 0.0948. The zero-order valence-corrected chi connectivity index (χ0v) is 14.0. The van der Waals surface area contributed by atoms with Gasteiger partial charge in [0.1, 0.15) is 5.82 Å². The highest BCUT2D eigenvalue weighted by molar-refractivity contribution is 5.92. The lowest BCUT2D eigenvalue weighted by atomic mass is 10.1. The van der Waals surface area contributed by atoms with E-state index >= 15 is 0 Å². The average molecular weight is 372 g/mol. The standard InChI is InChI=1S/C19H15F3N4O/c20-13-3-1-12(2-4-13)9-10-23-19(27)17-7-8-18(26-25-17)24-14-5-6-15(21)16(22)11-14/h1-8,11H,9-10H2,(H,23,27)(H,24,26). The van der Waals surface area contributed by atoms with Crippen molar-refractivity contribution in [1.82, 2.24) is 15.5 Å². The van der Waals surface area contributed by atoms with Gasteiger partial charge in [0.2, 0.25) is 0 Å². The third-order valence-electron chi connectivity index (χ3n) is 3.70. The summed E-state index contributed by atoms with van der Waals surface area (Å²) < 4.78 is 38.9. The number of aromatic nitrogens is 2. The first-order valence-corrected chi connectivity index (χ1v) is 8.10. The molecule has 1 aromatic heterocycles. The zero-order valence-electron chi connectivity index (χ0n) is 14.0. The Bertz CT molecular complexity index is 931. The normalized spacial score (nSPS) is 10.5. The second-order valence-corrected chi connectivity index (χ2v) is 5.69. The van der Waals surface area contributed by atoms with Crippen LogP contribution < -0.4 is 10.6 Å². The lowest BCUT2D eigenvalue weighted by Gasteiger charge is -2.07. The highest BCUT2D eigenvalue weighted by atomic mass is 19.2. The number of hydrogen-bond donors (Lipinski definition) is 2. The van der Waals surface area contributed by atoms with Crippen molar-refractivity contribution in [1.29, 1.82) is 0 Å². The van der Waals surface area contributed by atoms with Gasteiger partial charge in [0, 0.05) is 18.3 Å². The van der Waals surface area contributed by atoms with Gasteiger partial charge >= 0.3 is 0 Å². The molecule has 5 nitrogen and oxygen atoms in total. The van der Waals surface area contributed by atoms with Gasteiger partial charge in [0.25, 0.3) is 5.91 Å². The molecule has 3 aromatic rings. The number of anilines is 2. The molecular weight excluding hydrogens is 357 g/mol. The fourth-order valence-corrected chi connectivity index (χ4v) is 2.30. The number of hydrogen-bond acceptors (Lipinski definition) is 4. The Morgan fingerprint density at radius 3 is 2.33 bits per heavy atom. The summed E-state index contributed by atoms with van der Waals surface area (Å²) in [5.74, 6) is -2.35. The first kappa shape index (κ1) is 18.4. The minimum absolute atomic E-state index is 0.116. The molecule has 8 heteroatoms. The first-order chi connectivity index (χ1) is 13.0. The van der Waals surface area contributed by atoms with Gasteiger partial charge < -0.3 is 10.6 Å². The van der Waals surface area contributed by atoms with Crippen LogP contribution in [-0.4, -0.2) is 22.6 Å². The van der Waals surface area contributed by atoms with Crippen LogP contribution in [0.25, 0.3) is 0 Å². The highest BCUT2D eigenvalue weighted by Crippen LogP contribution is 2.17. The summed E-state index contributed by atoms with van der Waals surface area (Å²) in [5.41, 5.74) is 1.32.